The molecule has 262 valence electrons. The van der Waals surface area contributed by atoms with Crippen LogP contribution in [0.25, 0.3) is 110 Å². The molecule has 4 nitrogen and oxygen atoms in total. The fourth-order valence-corrected chi connectivity index (χ4v) is 9.00. The fourth-order valence-electron chi connectivity index (χ4n) is 7.83. The lowest BCUT2D eigenvalue weighted by Crippen LogP contribution is -2.00. The van der Waals surface area contributed by atoms with Gasteiger partial charge in [0, 0.05) is 53.2 Å². The van der Waals surface area contributed by atoms with Crippen LogP contribution in [0.1, 0.15) is 0 Å². The van der Waals surface area contributed by atoms with Crippen LogP contribution in [0.2, 0.25) is 0 Å². The number of thiophene rings is 1. The Balaban J connectivity index is 1.09. The van der Waals surface area contributed by atoms with Crippen molar-refractivity contribution in [2.75, 3.05) is 0 Å². The van der Waals surface area contributed by atoms with Crippen LogP contribution in [-0.2, 0) is 0 Å². The molecule has 0 unspecified atom stereocenters. The van der Waals surface area contributed by atoms with Crippen molar-refractivity contribution in [2.45, 2.75) is 0 Å². The Morgan fingerprint density at radius 3 is 1.68 bits per heavy atom. The molecule has 0 atom stereocenters. The van der Waals surface area contributed by atoms with E-state index in [0.717, 1.165) is 66.3 Å². The molecule has 0 saturated heterocycles. The lowest BCUT2D eigenvalue weighted by atomic mass is 9.93. The number of aromatic nitrogens is 3. The van der Waals surface area contributed by atoms with Gasteiger partial charge < -0.3 is 4.42 Å². The molecule has 0 aliphatic carbocycles. The first kappa shape index (κ1) is 32.2. The van der Waals surface area contributed by atoms with Crippen LogP contribution >= 0.6 is 11.3 Å². The molecule has 0 spiro atoms. The van der Waals surface area contributed by atoms with E-state index in [4.69, 9.17) is 19.4 Å². The van der Waals surface area contributed by atoms with Crippen molar-refractivity contribution in [2.24, 2.45) is 0 Å². The number of nitrogens with zero attached hydrogens (tertiary/aromatic N) is 3. The van der Waals surface area contributed by atoms with E-state index >= 15 is 0 Å². The lowest BCUT2D eigenvalue weighted by molar-refractivity contribution is 0.670. The van der Waals surface area contributed by atoms with Gasteiger partial charge in [0.25, 0.3) is 0 Å². The molecule has 56 heavy (non-hydrogen) atoms. The molecule has 0 amide bonds. The molecule has 3 heterocycles. The van der Waals surface area contributed by atoms with Gasteiger partial charge in [0.15, 0.2) is 17.5 Å². The molecule has 0 fully saturated rings. The van der Waals surface area contributed by atoms with Crippen molar-refractivity contribution in [1.29, 1.82) is 0 Å². The van der Waals surface area contributed by atoms with Gasteiger partial charge >= 0.3 is 0 Å². The van der Waals surface area contributed by atoms with E-state index in [0.29, 0.717) is 17.5 Å². The normalized spacial score (nSPS) is 11.6. The van der Waals surface area contributed by atoms with Gasteiger partial charge in [-0.25, -0.2) is 15.0 Å². The second-order valence-electron chi connectivity index (χ2n) is 14.0. The summed E-state index contributed by atoms with van der Waals surface area (Å²) in [5.74, 6) is 1.95. The van der Waals surface area contributed by atoms with E-state index in [1.54, 1.807) is 11.3 Å². The number of hydrogen-bond acceptors (Lipinski definition) is 5. The standard InChI is InChI=1S/C51H31N3OS/c1-4-14-32(15-5-1)35-20-12-21-36(28-35)38-29-42(48-43(30-38)39-22-10-11-24-44(39)55-48)37-26-27-40-46(31-37)56-45-25-13-23-41(47(40)45)51-53-49(33-16-6-2-7-17-33)52-50(54-51)34-18-8-3-9-19-34/h1-31H. The van der Waals surface area contributed by atoms with Crippen molar-refractivity contribution in [3.63, 3.8) is 0 Å². The first-order valence-corrected chi connectivity index (χ1v) is 19.5. The van der Waals surface area contributed by atoms with Crippen LogP contribution in [0.4, 0.5) is 0 Å². The number of hydrogen-bond donors (Lipinski definition) is 0. The van der Waals surface area contributed by atoms with Crippen LogP contribution in [0.15, 0.2) is 192 Å². The van der Waals surface area contributed by atoms with Crippen molar-refractivity contribution in [1.82, 2.24) is 15.0 Å². The summed E-state index contributed by atoms with van der Waals surface area (Å²) in [6.45, 7) is 0. The number of rotatable bonds is 6. The van der Waals surface area contributed by atoms with E-state index < -0.39 is 0 Å². The van der Waals surface area contributed by atoms with Gasteiger partial charge in [-0.2, -0.15) is 0 Å². The maximum absolute atomic E-state index is 6.65. The summed E-state index contributed by atoms with van der Waals surface area (Å²) in [4.78, 5) is 15.1. The Morgan fingerprint density at radius 2 is 0.946 bits per heavy atom. The van der Waals surface area contributed by atoms with Crippen LogP contribution in [-0.4, -0.2) is 15.0 Å². The van der Waals surface area contributed by atoms with Gasteiger partial charge in [0.05, 0.1) is 0 Å². The molecule has 0 aliphatic rings. The molecule has 0 N–H and O–H groups in total. The highest BCUT2D eigenvalue weighted by molar-refractivity contribution is 7.26. The average Bonchev–Trinajstić information content (AvgIpc) is 3.85. The molecule has 3 aromatic heterocycles. The lowest BCUT2D eigenvalue weighted by Gasteiger charge is -2.11. The summed E-state index contributed by atoms with van der Waals surface area (Å²) in [5.41, 5.74) is 11.5. The molecule has 0 aliphatic heterocycles. The van der Waals surface area contributed by atoms with Gasteiger partial charge in [-0.05, 0) is 64.2 Å². The topological polar surface area (TPSA) is 51.8 Å². The quantitative estimate of drug-likeness (QED) is 0.171. The van der Waals surface area contributed by atoms with Crippen molar-refractivity contribution in [3.8, 4) is 67.5 Å². The number of para-hydroxylation sites is 1. The third-order valence-electron chi connectivity index (χ3n) is 10.5. The predicted octanol–water partition coefficient (Wildman–Crippen LogP) is 14.1. The van der Waals surface area contributed by atoms with Gasteiger partial charge in [0.2, 0.25) is 0 Å². The monoisotopic (exact) mass is 733 g/mol. The molecule has 11 aromatic rings. The van der Waals surface area contributed by atoms with Gasteiger partial charge in [-0.3, -0.25) is 0 Å². The van der Waals surface area contributed by atoms with Crippen LogP contribution in [0.5, 0.6) is 0 Å². The fraction of sp³-hybridized carbons (Fsp3) is 0. The van der Waals surface area contributed by atoms with E-state index in [1.165, 1.54) is 25.9 Å². The molecule has 5 heteroatoms. The van der Waals surface area contributed by atoms with Crippen LogP contribution in [0, 0.1) is 0 Å². The van der Waals surface area contributed by atoms with E-state index in [-0.39, 0.29) is 0 Å². The zero-order valence-corrected chi connectivity index (χ0v) is 30.9. The molecule has 0 saturated carbocycles. The first-order chi connectivity index (χ1) is 27.7. The maximum Gasteiger partial charge on any atom is 0.164 e. The highest BCUT2D eigenvalue weighted by atomic mass is 32.1. The largest absolute Gasteiger partial charge is 0.455 e. The van der Waals surface area contributed by atoms with Crippen molar-refractivity contribution in [3.05, 3.63) is 188 Å². The minimum absolute atomic E-state index is 0.650. The summed E-state index contributed by atoms with van der Waals surface area (Å²) in [5, 5.41) is 4.53. The Kier molecular flexibility index (Phi) is 7.64. The van der Waals surface area contributed by atoms with Gasteiger partial charge in [-0.1, -0.05) is 152 Å². The number of benzene rings is 8. The first-order valence-electron chi connectivity index (χ1n) is 18.7. The van der Waals surface area contributed by atoms with Crippen molar-refractivity contribution >= 4 is 53.4 Å². The third-order valence-corrected chi connectivity index (χ3v) is 11.6. The summed E-state index contributed by atoms with van der Waals surface area (Å²) >= 11 is 1.79. The van der Waals surface area contributed by atoms with E-state index in [9.17, 15) is 0 Å². The Labute approximate surface area is 327 Å². The van der Waals surface area contributed by atoms with Crippen molar-refractivity contribution < 1.29 is 4.42 Å². The average molecular weight is 734 g/mol. The van der Waals surface area contributed by atoms with Gasteiger partial charge in [-0.15, -0.1) is 11.3 Å². The summed E-state index contributed by atoms with van der Waals surface area (Å²) in [7, 11) is 0. The molecular weight excluding hydrogens is 703 g/mol. The zero-order chi connectivity index (χ0) is 37.0. The Morgan fingerprint density at radius 1 is 0.339 bits per heavy atom. The number of fused-ring (bicyclic) bond motifs is 6. The third kappa shape index (κ3) is 5.56. The second-order valence-corrected chi connectivity index (χ2v) is 15.1. The maximum atomic E-state index is 6.65. The molecule has 0 bridgehead atoms. The molecule has 11 rings (SSSR count). The molecular formula is C51H31N3OS. The summed E-state index contributed by atoms with van der Waals surface area (Å²) in [6.07, 6.45) is 0. The Bertz CT molecular complexity index is 3180. The van der Waals surface area contributed by atoms with Crippen LogP contribution in [0.3, 0.4) is 0 Å². The predicted molar refractivity (Wildman–Crippen MR) is 233 cm³/mol. The SMILES string of the molecule is c1ccc(-c2cccc(-c3cc(-c4ccc5c(c4)sc4cccc(-c6nc(-c7ccccc7)nc(-c7ccccc7)n6)c45)c4oc5ccccc5c4c3)c2)cc1. The minimum Gasteiger partial charge on any atom is -0.455 e. The molecule has 8 aromatic carbocycles. The smallest absolute Gasteiger partial charge is 0.164 e. The Hall–Kier alpha value is -7.21. The van der Waals surface area contributed by atoms with E-state index in [2.05, 4.69) is 121 Å². The zero-order valence-electron chi connectivity index (χ0n) is 30.1. The second kappa shape index (κ2) is 13.3. The highest BCUT2D eigenvalue weighted by Gasteiger charge is 2.20. The molecule has 0 radical (unpaired) electrons. The van der Waals surface area contributed by atoms with E-state index in [1.807, 2.05) is 66.7 Å². The number of furan rings is 1. The van der Waals surface area contributed by atoms with Gasteiger partial charge in [0.1, 0.15) is 11.2 Å². The highest BCUT2D eigenvalue weighted by Crippen LogP contribution is 2.44. The summed E-state index contributed by atoms with van der Waals surface area (Å²) in [6, 6.07) is 65.7. The van der Waals surface area contributed by atoms with Crippen LogP contribution < -0.4 is 0 Å². The summed E-state index contributed by atoms with van der Waals surface area (Å²) < 4.78 is 9.01. The minimum atomic E-state index is 0.650.